The number of hydrogen-bond donors (Lipinski definition) is 0. The van der Waals surface area contributed by atoms with Crippen LogP contribution in [0.15, 0.2) is 97.1 Å². The highest BCUT2D eigenvalue weighted by Crippen LogP contribution is 2.68. The van der Waals surface area contributed by atoms with Crippen LogP contribution in [-0.2, 0) is 9.75 Å². The van der Waals surface area contributed by atoms with Crippen molar-refractivity contribution in [3.63, 3.8) is 0 Å². The molecule has 0 amide bonds. The van der Waals surface area contributed by atoms with Crippen molar-refractivity contribution < 1.29 is 0 Å². The summed E-state index contributed by atoms with van der Waals surface area (Å²) in [6, 6.07) is 33.5. The molecule has 0 spiro atoms. The standard InChI is InChI=1S/C26H16Cl2/c27-25(21-13-5-1-9-17(21)18-10-2-6-14-22(18)25)26(28)23-15-7-3-11-19(23)20-12-4-8-16-24(20)26/h1-16H. The van der Waals surface area contributed by atoms with Gasteiger partial charge >= 0.3 is 0 Å². The Balaban J connectivity index is 1.78. The second-order valence-corrected chi connectivity index (χ2v) is 8.63. The fraction of sp³-hybridized carbons (Fsp3) is 0.0769. The van der Waals surface area contributed by atoms with Crippen molar-refractivity contribution in [2.24, 2.45) is 0 Å². The molecule has 0 bridgehead atoms. The van der Waals surface area contributed by atoms with Gasteiger partial charge in [-0.15, -0.1) is 23.2 Å². The number of halogens is 2. The molecule has 0 aromatic heterocycles. The highest BCUT2D eigenvalue weighted by atomic mass is 35.5. The molecule has 0 radical (unpaired) electrons. The molecule has 2 heteroatoms. The van der Waals surface area contributed by atoms with Crippen molar-refractivity contribution in [2.45, 2.75) is 9.75 Å². The maximum absolute atomic E-state index is 7.70. The van der Waals surface area contributed by atoms with Gasteiger partial charge in [0.15, 0.2) is 0 Å². The summed E-state index contributed by atoms with van der Waals surface area (Å²) in [5.41, 5.74) is 8.92. The third-order valence-corrected chi connectivity index (χ3v) is 7.73. The lowest BCUT2D eigenvalue weighted by Gasteiger charge is -2.40. The molecule has 6 rings (SSSR count). The van der Waals surface area contributed by atoms with E-state index in [2.05, 4.69) is 97.1 Å². The maximum atomic E-state index is 7.70. The van der Waals surface area contributed by atoms with Gasteiger partial charge in [0.25, 0.3) is 0 Å². The van der Waals surface area contributed by atoms with E-state index in [0.717, 1.165) is 44.5 Å². The summed E-state index contributed by atoms with van der Waals surface area (Å²) in [6.07, 6.45) is 0. The Kier molecular flexibility index (Phi) is 3.23. The molecule has 4 aromatic carbocycles. The van der Waals surface area contributed by atoms with E-state index in [1.807, 2.05) is 0 Å². The van der Waals surface area contributed by atoms with Crippen LogP contribution in [-0.4, -0.2) is 0 Å². The molecule has 0 atom stereocenters. The van der Waals surface area contributed by atoms with E-state index in [9.17, 15) is 0 Å². The van der Waals surface area contributed by atoms with Gasteiger partial charge in [-0.25, -0.2) is 0 Å². The monoisotopic (exact) mass is 398 g/mol. The lowest BCUT2D eigenvalue weighted by atomic mass is 9.76. The van der Waals surface area contributed by atoms with Crippen LogP contribution in [0.5, 0.6) is 0 Å². The second kappa shape index (κ2) is 5.50. The average Bonchev–Trinajstić information content (AvgIpc) is 3.19. The van der Waals surface area contributed by atoms with Crippen molar-refractivity contribution in [1.29, 1.82) is 0 Å². The van der Waals surface area contributed by atoms with Gasteiger partial charge in [0.1, 0.15) is 9.75 Å². The number of hydrogen-bond acceptors (Lipinski definition) is 0. The third-order valence-electron chi connectivity index (χ3n) is 6.25. The Hall–Kier alpha value is -2.54. The molecule has 134 valence electrons. The van der Waals surface area contributed by atoms with Gasteiger partial charge in [0.2, 0.25) is 0 Å². The van der Waals surface area contributed by atoms with Crippen LogP contribution < -0.4 is 0 Å². The largest absolute Gasteiger partial charge is 0.123 e. The molecule has 0 saturated carbocycles. The molecule has 4 aromatic rings. The van der Waals surface area contributed by atoms with Gasteiger partial charge in [-0.1, -0.05) is 97.1 Å². The molecule has 2 aliphatic carbocycles. The van der Waals surface area contributed by atoms with Crippen LogP contribution in [0.25, 0.3) is 22.3 Å². The summed E-state index contributed by atoms with van der Waals surface area (Å²) in [4.78, 5) is -1.80. The first kappa shape index (κ1) is 16.4. The highest BCUT2D eigenvalue weighted by molar-refractivity contribution is 6.40. The van der Waals surface area contributed by atoms with Crippen LogP contribution >= 0.6 is 23.2 Å². The SMILES string of the molecule is ClC1(C2(Cl)c3ccccc3-c3ccccc32)c2ccccc2-c2ccccc21. The predicted molar refractivity (Wildman–Crippen MR) is 117 cm³/mol. The van der Waals surface area contributed by atoms with Crippen LogP contribution in [0.1, 0.15) is 22.3 Å². The molecule has 0 unspecified atom stereocenters. The summed E-state index contributed by atoms with van der Waals surface area (Å²) in [5, 5.41) is 0. The highest BCUT2D eigenvalue weighted by Gasteiger charge is 2.61. The second-order valence-electron chi connectivity index (χ2n) is 7.50. The Morgan fingerprint density at radius 2 is 0.571 bits per heavy atom. The maximum Gasteiger partial charge on any atom is 0.123 e. The molecule has 28 heavy (non-hydrogen) atoms. The van der Waals surface area contributed by atoms with Gasteiger partial charge in [-0.05, 0) is 44.5 Å². The summed E-state index contributed by atoms with van der Waals surface area (Å²) < 4.78 is 0. The fourth-order valence-corrected chi connectivity index (χ4v) is 6.17. The quantitative estimate of drug-likeness (QED) is 0.294. The minimum absolute atomic E-state index is 0.898. The smallest absolute Gasteiger partial charge is 0.106 e. The average molecular weight is 399 g/mol. The topological polar surface area (TPSA) is 0 Å². The molecule has 0 fully saturated rings. The summed E-state index contributed by atoms with van der Waals surface area (Å²) >= 11 is 15.4. The van der Waals surface area contributed by atoms with E-state index in [0.29, 0.717) is 0 Å². The van der Waals surface area contributed by atoms with Gasteiger partial charge in [0, 0.05) is 0 Å². The zero-order chi connectivity index (χ0) is 18.9. The zero-order valence-electron chi connectivity index (χ0n) is 15.0. The van der Waals surface area contributed by atoms with Crippen molar-refractivity contribution in [3.8, 4) is 22.3 Å². The summed E-state index contributed by atoms with van der Waals surface area (Å²) in [5.74, 6) is 0. The minimum atomic E-state index is -0.898. The fourth-order valence-electron chi connectivity index (χ4n) is 5.11. The normalized spacial score (nSPS) is 16.8. The van der Waals surface area contributed by atoms with E-state index >= 15 is 0 Å². The Labute approximate surface area is 174 Å². The number of rotatable bonds is 1. The van der Waals surface area contributed by atoms with Crippen LogP contribution in [0.2, 0.25) is 0 Å². The van der Waals surface area contributed by atoms with E-state index in [1.54, 1.807) is 0 Å². The zero-order valence-corrected chi connectivity index (χ0v) is 16.5. The molecule has 0 heterocycles. The van der Waals surface area contributed by atoms with Crippen molar-refractivity contribution >= 4 is 23.2 Å². The van der Waals surface area contributed by atoms with Crippen molar-refractivity contribution in [1.82, 2.24) is 0 Å². The molecule has 0 nitrogen and oxygen atoms in total. The van der Waals surface area contributed by atoms with Crippen molar-refractivity contribution in [3.05, 3.63) is 119 Å². The van der Waals surface area contributed by atoms with E-state index in [-0.39, 0.29) is 0 Å². The van der Waals surface area contributed by atoms with Gasteiger partial charge in [-0.3, -0.25) is 0 Å². The van der Waals surface area contributed by atoms with E-state index < -0.39 is 9.75 Å². The third kappa shape index (κ3) is 1.74. The summed E-state index contributed by atoms with van der Waals surface area (Å²) in [6.45, 7) is 0. The van der Waals surface area contributed by atoms with Crippen LogP contribution in [0.3, 0.4) is 0 Å². The molecule has 0 N–H and O–H groups in total. The lowest BCUT2D eigenvalue weighted by molar-refractivity contribution is 0.585. The Morgan fingerprint density at radius 3 is 0.821 bits per heavy atom. The Morgan fingerprint density at radius 1 is 0.357 bits per heavy atom. The molecular weight excluding hydrogens is 383 g/mol. The van der Waals surface area contributed by atoms with Gasteiger partial charge in [-0.2, -0.15) is 0 Å². The summed E-state index contributed by atoms with van der Waals surface area (Å²) in [7, 11) is 0. The number of alkyl halides is 2. The lowest BCUT2D eigenvalue weighted by Crippen LogP contribution is -2.40. The first-order valence-corrected chi connectivity index (χ1v) is 10.2. The van der Waals surface area contributed by atoms with Crippen LogP contribution in [0.4, 0.5) is 0 Å². The first-order chi connectivity index (χ1) is 13.7. The molecule has 0 saturated heterocycles. The van der Waals surface area contributed by atoms with Crippen molar-refractivity contribution in [2.75, 3.05) is 0 Å². The number of benzene rings is 4. The van der Waals surface area contributed by atoms with Gasteiger partial charge in [0.05, 0.1) is 0 Å². The Bertz CT molecular complexity index is 1060. The molecule has 0 aliphatic heterocycles. The van der Waals surface area contributed by atoms with Gasteiger partial charge < -0.3 is 0 Å². The molecule has 2 aliphatic rings. The van der Waals surface area contributed by atoms with Crippen LogP contribution in [0, 0.1) is 0 Å². The molecular formula is C26H16Cl2. The number of fused-ring (bicyclic) bond motifs is 6. The predicted octanol–water partition coefficient (Wildman–Crippen LogP) is 7.31. The minimum Gasteiger partial charge on any atom is -0.106 e. The van der Waals surface area contributed by atoms with E-state index in [4.69, 9.17) is 23.2 Å². The van der Waals surface area contributed by atoms with E-state index in [1.165, 1.54) is 0 Å². The first-order valence-electron chi connectivity index (χ1n) is 9.44.